The largest absolute Gasteiger partial charge is 1.00 e. The van der Waals surface area contributed by atoms with Gasteiger partial charge in [0.2, 0.25) is 0 Å². The summed E-state index contributed by atoms with van der Waals surface area (Å²) in [5.74, 6) is 1.04. The summed E-state index contributed by atoms with van der Waals surface area (Å²) < 4.78 is 0. The van der Waals surface area contributed by atoms with Crippen LogP contribution in [0.5, 0.6) is 0 Å². The Hall–Kier alpha value is -2.24. The zero-order chi connectivity index (χ0) is 23.7. The number of hydrogen-bond acceptors (Lipinski definition) is 3. The van der Waals surface area contributed by atoms with Crippen LogP contribution in [0.15, 0.2) is 103 Å². The predicted molar refractivity (Wildman–Crippen MR) is 143 cm³/mol. The Kier molecular flexibility index (Phi) is 15.9. The third-order valence-corrected chi connectivity index (χ3v) is 5.51. The standard InChI is InChI=1S/C14H20N2.C8H9.C7H10N2.Na/c1-12(14-9-6-10-16(14)2)15-11-13-7-4-3-5-8-13;1-2-8-6-4-3-5-7-8;1-2-5-8-7-4-3-6-9-7;/h3-5,7-8,14-15H,1,6,9-11H2,2H3;2-7H,1H3;2-3,6H,1,4-5H2,(H,8,9);/q;-1;;+1. The molecular formula is C29H39N4Na. The number of likely N-dealkylation sites (N-methyl/N-ethyl adjacent to an activating group) is 1. The second-order valence-corrected chi connectivity index (χ2v) is 8.03. The Morgan fingerprint density at radius 1 is 1.18 bits per heavy atom. The van der Waals surface area contributed by atoms with Crippen molar-refractivity contribution in [1.29, 1.82) is 0 Å². The SMILES string of the molecule is C=C(NCc1ccccc1)C1CCCN1C.C=CCN=C1CC=CN1.C[CH-]c1ccccc1.[Na+]. The van der Waals surface area contributed by atoms with Crippen LogP contribution in [0.1, 0.15) is 37.3 Å². The first-order valence-electron chi connectivity index (χ1n) is 11.7. The van der Waals surface area contributed by atoms with Crippen LogP contribution in [0.4, 0.5) is 0 Å². The minimum Gasteiger partial charge on any atom is -0.383 e. The van der Waals surface area contributed by atoms with Crippen LogP contribution in [0.25, 0.3) is 0 Å². The van der Waals surface area contributed by atoms with E-state index in [1.54, 1.807) is 6.08 Å². The molecule has 0 saturated carbocycles. The molecule has 2 aliphatic rings. The Labute approximate surface area is 229 Å². The van der Waals surface area contributed by atoms with Gasteiger partial charge in [-0.3, -0.25) is 9.89 Å². The van der Waals surface area contributed by atoms with E-state index in [9.17, 15) is 0 Å². The van der Waals surface area contributed by atoms with Gasteiger partial charge in [-0.05, 0) is 38.2 Å². The Morgan fingerprint density at radius 2 is 1.85 bits per heavy atom. The summed E-state index contributed by atoms with van der Waals surface area (Å²) in [5, 5.41) is 6.45. The molecule has 34 heavy (non-hydrogen) atoms. The van der Waals surface area contributed by atoms with E-state index >= 15 is 0 Å². The van der Waals surface area contributed by atoms with Gasteiger partial charge in [0.1, 0.15) is 5.84 Å². The summed E-state index contributed by atoms with van der Waals surface area (Å²) in [7, 11) is 2.17. The summed E-state index contributed by atoms with van der Waals surface area (Å²) in [6, 6.07) is 21.2. The van der Waals surface area contributed by atoms with Crippen LogP contribution in [-0.4, -0.2) is 36.9 Å². The molecule has 2 heterocycles. The molecule has 0 bridgehead atoms. The van der Waals surface area contributed by atoms with E-state index in [0.29, 0.717) is 12.6 Å². The monoisotopic (exact) mass is 466 g/mol. The average Bonchev–Trinajstić information content (AvgIpc) is 3.55. The van der Waals surface area contributed by atoms with Gasteiger partial charge in [0.15, 0.2) is 0 Å². The number of amidine groups is 1. The molecular weight excluding hydrogens is 427 g/mol. The van der Waals surface area contributed by atoms with Crippen molar-refractivity contribution in [3.8, 4) is 0 Å². The molecule has 2 aromatic rings. The predicted octanol–water partition coefficient (Wildman–Crippen LogP) is 2.72. The minimum atomic E-state index is 0. The van der Waals surface area contributed by atoms with Gasteiger partial charge in [-0.15, -0.1) is 18.7 Å². The van der Waals surface area contributed by atoms with Crippen LogP contribution >= 0.6 is 0 Å². The summed E-state index contributed by atoms with van der Waals surface area (Å²) in [6.45, 7) is 12.5. The van der Waals surface area contributed by atoms with Crippen molar-refractivity contribution in [1.82, 2.24) is 15.5 Å². The molecule has 4 rings (SSSR count). The van der Waals surface area contributed by atoms with Gasteiger partial charge in [0, 0.05) is 24.7 Å². The Morgan fingerprint density at radius 3 is 2.35 bits per heavy atom. The first-order chi connectivity index (χ1) is 16.1. The zero-order valence-electron chi connectivity index (χ0n) is 21.2. The molecule has 0 aromatic heterocycles. The number of rotatable bonds is 7. The molecule has 0 spiro atoms. The second-order valence-electron chi connectivity index (χ2n) is 8.03. The quantitative estimate of drug-likeness (QED) is 0.375. The molecule has 5 heteroatoms. The fourth-order valence-corrected chi connectivity index (χ4v) is 3.59. The van der Waals surface area contributed by atoms with Gasteiger partial charge in [0.25, 0.3) is 0 Å². The van der Waals surface area contributed by atoms with Crippen LogP contribution < -0.4 is 40.2 Å². The average molecular weight is 467 g/mol. The molecule has 1 fully saturated rings. The smallest absolute Gasteiger partial charge is 0.383 e. The van der Waals surface area contributed by atoms with Crippen LogP contribution in [0.2, 0.25) is 0 Å². The maximum atomic E-state index is 4.17. The van der Waals surface area contributed by atoms with Crippen molar-refractivity contribution >= 4 is 5.84 Å². The van der Waals surface area contributed by atoms with Crippen molar-refractivity contribution < 1.29 is 29.6 Å². The van der Waals surface area contributed by atoms with E-state index in [-0.39, 0.29) is 29.6 Å². The van der Waals surface area contributed by atoms with E-state index in [4.69, 9.17) is 0 Å². The second kappa shape index (κ2) is 18.1. The van der Waals surface area contributed by atoms with E-state index in [1.807, 2.05) is 43.5 Å². The maximum absolute atomic E-state index is 4.17. The van der Waals surface area contributed by atoms with Gasteiger partial charge >= 0.3 is 29.6 Å². The Bertz CT molecular complexity index is 868. The molecule has 4 nitrogen and oxygen atoms in total. The molecule has 2 aromatic carbocycles. The number of benzene rings is 2. The first-order valence-corrected chi connectivity index (χ1v) is 11.7. The van der Waals surface area contributed by atoms with Crippen LogP contribution in [0.3, 0.4) is 0 Å². The normalized spacial score (nSPS) is 17.2. The van der Waals surface area contributed by atoms with Crippen molar-refractivity contribution in [3.05, 3.63) is 115 Å². The zero-order valence-corrected chi connectivity index (χ0v) is 23.2. The fraction of sp³-hybridized carbons (Fsp3) is 0.310. The van der Waals surface area contributed by atoms with Crippen LogP contribution in [-0.2, 0) is 6.54 Å². The van der Waals surface area contributed by atoms with Crippen molar-refractivity contribution in [3.63, 3.8) is 0 Å². The third-order valence-electron chi connectivity index (χ3n) is 5.51. The number of likely N-dealkylation sites (tertiary alicyclic amines) is 1. The van der Waals surface area contributed by atoms with Crippen molar-refractivity contribution in [2.24, 2.45) is 4.99 Å². The molecule has 2 N–H and O–H groups in total. The molecule has 1 unspecified atom stereocenters. The molecule has 0 amide bonds. The minimum absolute atomic E-state index is 0. The van der Waals surface area contributed by atoms with E-state index in [2.05, 4.69) is 83.6 Å². The molecule has 1 saturated heterocycles. The maximum Gasteiger partial charge on any atom is 1.00 e. The van der Waals surface area contributed by atoms with Gasteiger partial charge in [-0.2, -0.15) is 24.1 Å². The van der Waals surface area contributed by atoms with E-state index in [0.717, 1.165) is 24.5 Å². The Balaban J connectivity index is 0.000000274. The summed E-state index contributed by atoms with van der Waals surface area (Å²) in [5.41, 5.74) is 3.75. The molecule has 1 atom stereocenters. The van der Waals surface area contributed by atoms with E-state index in [1.165, 1.54) is 30.5 Å². The molecule has 2 aliphatic heterocycles. The summed E-state index contributed by atoms with van der Waals surface area (Å²) in [4.78, 5) is 6.54. The fourth-order valence-electron chi connectivity index (χ4n) is 3.59. The molecule has 0 aliphatic carbocycles. The van der Waals surface area contributed by atoms with Crippen molar-refractivity contribution in [2.45, 2.75) is 38.8 Å². The number of aliphatic imine (C=N–C) groups is 1. The van der Waals surface area contributed by atoms with Gasteiger partial charge < -0.3 is 10.6 Å². The molecule has 0 radical (unpaired) electrons. The van der Waals surface area contributed by atoms with Crippen molar-refractivity contribution in [2.75, 3.05) is 20.1 Å². The third kappa shape index (κ3) is 11.8. The summed E-state index contributed by atoms with van der Waals surface area (Å²) in [6.07, 6.45) is 11.3. The van der Waals surface area contributed by atoms with Gasteiger partial charge in [-0.25, -0.2) is 0 Å². The van der Waals surface area contributed by atoms with Crippen LogP contribution in [0, 0.1) is 6.42 Å². The van der Waals surface area contributed by atoms with E-state index < -0.39 is 0 Å². The van der Waals surface area contributed by atoms with Gasteiger partial charge in [0.05, 0.1) is 6.54 Å². The topological polar surface area (TPSA) is 39.7 Å². The number of nitrogens with zero attached hydrogens (tertiary/aromatic N) is 2. The summed E-state index contributed by atoms with van der Waals surface area (Å²) >= 11 is 0. The molecule has 176 valence electrons. The number of hydrogen-bond donors (Lipinski definition) is 2. The number of nitrogens with one attached hydrogen (secondary N) is 2. The first kappa shape index (κ1) is 29.8. The van der Waals surface area contributed by atoms with Gasteiger partial charge in [-0.1, -0.05) is 62.1 Å².